The molecule has 0 spiro atoms. The molecule has 1 atom stereocenters. The minimum absolute atomic E-state index is 0. The van der Waals surface area contributed by atoms with Crippen LogP contribution in [0.15, 0.2) is 18.2 Å². The normalized spacial score (nSPS) is 16.3. The standard InChI is InChI=1S/C14H18ClO2P.Li/c1-17-12-9-5-8-11(15)13(12)14(16)18-10-6-3-2-4-7-10;/h5,8-10,18H,2-4,6-7H2,1H3;. The molecule has 1 radical (unpaired) electrons. The zero-order chi connectivity index (χ0) is 13.0. The van der Waals surface area contributed by atoms with Gasteiger partial charge in [-0.15, -0.1) is 0 Å². The van der Waals surface area contributed by atoms with Crippen molar-refractivity contribution >= 4 is 44.6 Å². The molecule has 0 amide bonds. The molecule has 0 saturated heterocycles. The number of hydrogen-bond donors (Lipinski definition) is 0. The first-order chi connectivity index (χ1) is 8.72. The van der Waals surface area contributed by atoms with E-state index in [0.717, 1.165) is 0 Å². The maximum absolute atomic E-state index is 12.4. The second kappa shape index (κ2) is 8.33. The number of rotatable bonds is 4. The van der Waals surface area contributed by atoms with E-state index < -0.39 is 0 Å². The fraction of sp³-hybridized carbons (Fsp3) is 0.500. The molecule has 1 aromatic carbocycles. The van der Waals surface area contributed by atoms with Crippen LogP contribution in [0, 0.1) is 0 Å². The third-order valence-electron chi connectivity index (χ3n) is 3.36. The van der Waals surface area contributed by atoms with Crippen molar-refractivity contribution in [1.29, 1.82) is 0 Å². The topological polar surface area (TPSA) is 26.3 Å². The molecular weight excluding hydrogens is 274 g/mol. The van der Waals surface area contributed by atoms with Crippen molar-refractivity contribution in [2.24, 2.45) is 0 Å². The van der Waals surface area contributed by atoms with Crippen molar-refractivity contribution in [3.05, 3.63) is 28.8 Å². The van der Waals surface area contributed by atoms with Crippen molar-refractivity contribution in [2.75, 3.05) is 7.11 Å². The van der Waals surface area contributed by atoms with E-state index in [1.165, 1.54) is 32.1 Å². The van der Waals surface area contributed by atoms with Crippen LogP contribution in [0.1, 0.15) is 42.5 Å². The third-order valence-corrected chi connectivity index (χ3v) is 5.18. The molecule has 1 aliphatic rings. The van der Waals surface area contributed by atoms with Crippen molar-refractivity contribution in [3.8, 4) is 5.75 Å². The number of methoxy groups -OCH3 is 1. The van der Waals surface area contributed by atoms with E-state index in [-0.39, 0.29) is 24.4 Å². The molecule has 2 nitrogen and oxygen atoms in total. The first kappa shape index (κ1) is 17.1. The number of hydrogen-bond acceptors (Lipinski definition) is 2. The Hall–Kier alpha value is 0.00740. The Kier molecular flexibility index (Phi) is 7.48. The van der Waals surface area contributed by atoms with Gasteiger partial charge in [-0.1, -0.05) is 36.9 Å². The Morgan fingerprint density at radius 2 is 2.00 bits per heavy atom. The van der Waals surface area contributed by atoms with Crippen molar-refractivity contribution in [2.45, 2.75) is 37.8 Å². The first-order valence-corrected chi connectivity index (χ1v) is 7.81. The fourth-order valence-electron chi connectivity index (χ4n) is 2.40. The van der Waals surface area contributed by atoms with Gasteiger partial charge in [-0.2, -0.15) is 0 Å². The summed E-state index contributed by atoms with van der Waals surface area (Å²) in [6.07, 6.45) is 6.17. The van der Waals surface area contributed by atoms with Gasteiger partial charge in [0, 0.05) is 18.9 Å². The molecule has 0 N–H and O–H groups in total. The summed E-state index contributed by atoms with van der Waals surface area (Å²) in [6, 6.07) is 5.36. The molecule has 1 saturated carbocycles. The zero-order valence-electron chi connectivity index (χ0n) is 11.5. The van der Waals surface area contributed by atoms with E-state index in [9.17, 15) is 4.79 Å². The van der Waals surface area contributed by atoms with Crippen LogP contribution in [0.4, 0.5) is 0 Å². The SMILES string of the molecule is COc1cccc(Cl)c1C(=O)PC1CCCCC1.[Li]. The number of ether oxygens (including phenoxy) is 1. The molecule has 0 aliphatic heterocycles. The third kappa shape index (κ3) is 4.50. The Morgan fingerprint density at radius 1 is 1.32 bits per heavy atom. The van der Waals surface area contributed by atoms with Crippen LogP contribution < -0.4 is 4.74 Å². The molecule has 0 bridgehead atoms. The van der Waals surface area contributed by atoms with Crippen molar-refractivity contribution < 1.29 is 9.53 Å². The number of carbonyl (C=O) groups is 1. The Bertz CT molecular complexity index is 433. The summed E-state index contributed by atoms with van der Waals surface area (Å²) < 4.78 is 5.24. The number of halogens is 1. The van der Waals surface area contributed by atoms with Crippen LogP contribution >= 0.6 is 20.2 Å². The van der Waals surface area contributed by atoms with Gasteiger partial charge in [0.05, 0.1) is 17.7 Å². The average Bonchev–Trinajstić information content (AvgIpc) is 2.39. The van der Waals surface area contributed by atoms with Gasteiger partial charge in [-0.3, -0.25) is 4.79 Å². The first-order valence-electron chi connectivity index (χ1n) is 6.35. The Balaban J connectivity index is 0.00000180. The minimum atomic E-state index is 0. The van der Waals surface area contributed by atoms with Crippen LogP contribution in [-0.4, -0.2) is 37.2 Å². The predicted octanol–water partition coefficient (Wildman–Crippen LogP) is 4.12. The summed E-state index contributed by atoms with van der Waals surface area (Å²) in [7, 11) is 1.90. The molecule has 1 fully saturated rings. The van der Waals surface area contributed by atoms with Gasteiger partial charge in [0.15, 0.2) is 5.52 Å². The van der Waals surface area contributed by atoms with Crippen molar-refractivity contribution in [1.82, 2.24) is 0 Å². The molecule has 5 heteroatoms. The van der Waals surface area contributed by atoms with Crippen LogP contribution in [0.5, 0.6) is 5.75 Å². The smallest absolute Gasteiger partial charge is 0.186 e. The maximum Gasteiger partial charge on any atom is 0.186 e. The maximum atomic E-state index is 12.4. The van der Waals surface area contributed by atoms with Gasteiger partial charge >= 0.3 is 0 Å². The summed E-state index contributed by atoms with van der Waals surface area (Å²) in [4.78, 5) is 12.4. The summed E-state index contributed by atoms with van der Waals surface area (Å²) >= 11 is 6.12. The van der Waals surface area contributed by atoms with E-state index in [1.54, 1.807) is 19.2 Å². The zero-order valence-corrected chi connectivity index (χ0v) is 13.3. The monoisotopic (exact) mass is 291 g/mol. The molecule has 0 aromatic heterocycles. The number of carbonyl (C=O) groups excluding carboxylic acids is 1. The molecular formula is C14H18ClLiO2P. The van der Waals surface area contributed by atoms with Gasteiger partial charge in [0.25, 0.3) is 0 Å². The van der Waals surface area contributed by atoms with Gasteiger partial charge in [0.2, 0.25) is 0 Å². The van der Waals surface area contributed by atoms with E-state index in [2.05, 4.69) is 0 Å². The predicted molar refractivity (Wildman–Crippen MR) is 83.3 cm³/mol. The second-order valence-corrected chi connectivity index (χ2v) is 6.59. The van der Waals surface area contributed by atoms with E-state index >= 15 is 0 Å². The molecule has 1 unspecified atom stereocenters. The van der Waals surface area contributed by atoms with Crippen LogP contribution in [-0.2, 0) is 0 Å². The molecule has 99 valence electrons. The number of benzene rings is 1. The van der Waals surface area contributed by atoms with Crippen LogP contribution in [0.2, 0.25) is 5.02 Å². The average molecular weight is 292 g/mol. The second-order valence-electron chi connectivity index (χ2n) is 4.63. The van der Waals surface area contributed by atoms with Gasteiger partial charge in [-0.25, -0.2) is 0 Å². The Labute approximate surface area is 133 Å². The van der Waals surface area contributed by atoms with E-state index in [4.69, 9.17) is 16.3 Å². The van der Waals surface area contributed by atoms with Crippen LogP contribution in [0.25, 0.3) is 0 Å². The summed E-state index contributed by atoms with van der Waals surface area (Å²) in [5, 5.41) is 0.502. The fourth-order valence-corrected chi connectivity index (χ4v) is 4.20. The van der Waals surface area contributed by atoms with E-state index in [0.29, 0.717) is 30.6 Å². The quantitative estimate of drug-likeness (QED) is 0.616. The summed E-state index contributed by atoms with van der Waals surface area (Å²) in [5.41, 5.74) is 1.25. The molecule has 1 aromatic rings. The van der Waals surface area contributed by atoms with Crippen molar-refractivity contribution in [3.63, 3.8) is 0 Å². The van der Waals surface area contributed by atoms with Gasteiger partial charge in [-0.05, 0) is 39.2 Å². The summed E-state index contributed by atoms with van der Waals surface area (Å²) in [5.74, 6) is 0.593. The van der Waals surface area contributed by atoms with Gasteiger partial charge in [0.1, 0.15) is 5.75 Å². The molecule has 19 heavy (non-hydrogen) atoms. The van der Waals surface area contributed by atoms with Crippen LogP contribution in [0.3, 0.4) is 0 Å². The molecule has 1 aliphatic carbocycles. The molecule has 0 heterocycles. The summed E-state index contributed by atoms with van der Waals surface area (Å²) in [6.45, 7) is 0. The minimum Gasteiger partial charge on any atom is -0.496 e. The van der Waals surface area contributed by atoms with E-state index in [1.807, 2.05) is 6.07 Å². The largest absolute Gasteiger partial charge is 0.496 e. The van der Waals surface area contributed by atoms with Gasteiger partial charge < -0.3 is 4.74 Å². The molecule has 2 rings (SSSR count). The Morgan fingerprint density at radius 3 is 2.63 bits per heavy atom.